The van der Waals surface area contributed by atoms with Gasteiger partial charge in [0.2, 0.25) is 0 Å². The van der Waals surface area contributed by atoms with Gasteiger partial charge in [0.15, 0.2) is 0 Å². The number of unbranched alkanes of at least 4 members (excludes halogenated alkanes) is 16. The molecule has 0 saturated carbocycles. The fourth-order valence-corrected chi connectivity index (χ4v) is 4.57. The first-order chi connectivity index (χ1) is 13.9. The number of thioether (sulfide) groups is 1. The summed E-state index contributed by atoms with van der Waals surface area (Å²) in [6, 6.07) is 0. The second kappa shape index (κ2) is 21.6. The number of rotatable bonds is 22. The summed E-state index contributed by atoms with van der Waals surface area (Å²) in [6.45, 7) is 5.40. The minimum Gasteiger partial charge on any atom is -0.381 e. The summed E-state index contributed by atoms with van der Waals surface area (Å²) in [4.78, 5) is 2.39. The largest absolute Gasteiger partial charge is 0.381 e. The van der Waals surface area contributed by atoms with Gasteiger partial charge in [-0.15, -0.1) is 11.8 Å². The quantitative estimate of drug-likeness (QED) is 0.166. The van der Waals surface area contributed by atoms with E-state index in [9.17, 15) is 0 Å². The smallest absolute Gasteiger partial charge is 0.0675 e. The average molecular weight is 412 g/mol. The Balaban J connectivity index is 1.62. The molecule has 0 aromatic carbocycles. The van der Waals surface area contributed by atoms with Crippen LogP contribution < -0.4 is 0 Å². The molecule has 0 spiro atoms. The molecule has 1 rings (SSSR count). The van der Waals surface area contributed by atoms with E-state index in [1.165, 1.54) is 122 Å². The van der Waals surface area contributed by atoms with Crippen LogP contribution in [-0.2, 0) is 4.74 Å². The van der Waals surface area contributed by atoms with Crippen molar-refractivity contribution < 1.29 is 4.74 Å². The Kier molecular flexibility index (Phi) is 19.9. The van der Waals surface area contributed by atoms with Gasteiger partial charge in [0.25, 0.3) is 0 Å². The number of ether oxygens (including phenoxy) is 1. The molecular formula is C25H49NOS. The van der Waals surface area contributed by atoms with E-state index in [1.807, 2.05) is 11.8 Å². The minimum atomic E-state index is 0.948. The normalized spacial score (nSPS) is 13.7. The molecule has 0 aromatic heterocycles. The van der Waals surface area contributed by atoms with E-state index in [0.717, 1.165) is 19.1 Å². The summed E-state index contributed by atoms with van der Waals surface area (Å²) in [5, 5.41) is 2.19. The zero-order valence-electron chi connectivity index (χ0n) is 19.0. The molecule has 166 valence electrons. The van der Waals surface area contributed by atoms with Crippen LogP contribution in [0.25, 0.3) is 0 Å². The van der Waals surface area contributed by atoms with Crippen LogP contribution in [0.3, 0.4) is 0 Å². The Bertz CT molecular complexity index is 335. The Morgan fingerprint density at radius 3 is 1.57 bits per heavy atom. The molecule has 2 nitrogen and oxygen atoms in total. The van der Waals surface area contributed by atoms with E-state index >= 15 is 0 Å². The van der Waals surface area contributed by atoms with Gasteiger partial charge >= 0.3 is 0 Å². The molecule has 0 N–H and O–H groups in total. The van der Waals surface area contributed by atoms with Crippen LogP contribution in [0.15, 0.2) is 11.6 Å². The van der Waals surface area contributed by atoms with E-state index in [2.05, 4.69) is 23.4 Å². The summed E-state index contributed by atoms with van der Waals surface area (Å²) in [6.07, 6.45) is 27.6. The molecule has 0 bridgehead atoms. The van der Waals surface area contributed by atoms with Crippen molar-refractivity contribution in [2.75, 3.05) is 25.6 Å². The number of nitrogens with zero attached hydrogens (tertiary/aromatic N) is 1. The maximum absolute atomic E-state index is 5.78. The van der Waals surface area contributed by atoms with Gasteiger partial charge in [-0.3, -0.25) is 0 Å². The first kappa shape index (κ1) is 25.9. The van der Waals surface area contributed by atoms with E-state index in [4.69, 9.17) is 4.74 Å². The predicted octanol–water partition coefficient (Wildman–Crippen LogP) is 8.52. The fraction of sp³-hybridized carbons (Fsp3) is 0.920. The van der Waals surface area contributed by atoms with Crippen molar-refractivity contribution in [3.63, 3.8) is 0 Å². The van der Waals surface area contributed by atoms with E-state index < -0.39 is 0 Å². The molecule has 1 aliphatic heterocycles. The molecule has 1 aliphatic rings. The van der Waals surface area contributed by atoms with Crippen LogP contribution in [0.4, 0.5) is 0 Å². The van der Waals surface area contributed by atoms with Crippen LogP contribution in [0, 0.1) is 0 Å². The molecule has 0 amide bonds. The first-order valence-electron chi connectivity index (χ1n) is 12.5. The van der Waals surface area contributed by atoms with Gasteiger partial charge in [0.1, 0.15) is 0 Å². The van der Waals surface area contributed by atoms with Crippen LogP contribution in [0.2, 0.25) is 0 Å². The molecule has 0 aromatic rings. The van der Waals surface area contributed by atoms with Gasteiger partial charge in [0.05, 0.1) is 5.88 Å². The van der Waals surface area contributed by atoms with E-state index in [0.29, 0.717) is 0 Å². The molecule has 0 atom stereocenters. The molecule has 0 saturated heterocycles. The topological polar surface area (TPSA) is 12.5 Å². The lowest BCUT2D eigenvalue weighted by molar-refractivity contribution is 0.125. The highest BCUT2D eigenvalue weighted by molar-refractivity contribution is 8.02. The predicted molar refractivity (Wildman–Crippen MR) is 128 cm³/mol. The lowest BCUT2D eigenvalue weighted by Crippen LogP contribution is -2.15. The van der Waals surface area contributed by atoms with E-state index in [1.54, 1.807) is 0 Å². The molecule has 0 radical (unpaired) electrons. The third kappa shape index (κ3) is 17.9. The highest BCUT2D eigenvalue weighted by Gasteiger charge is 2.03. The SMILES string of the molecule is CCCCCCCCCCCCCCCCCCOCCCCN1C=CSC1. The zero-order valence-corrected chi connectivity index (χ0v) is 19.8. The van der Waals surface area contributed by atoms with Gasteiger partial charge in [0, 0.05) is 26.0 Å². The fourth-order valence-electron chi connectivity index (χ4n) is 3.82. The van der Waals surface area contributed by atoms with Crippen LogP contribution in [0.5, 0.6) is 0 Å². The molecule has 0 unspecified atom stereocenters. The monoisotopic (exact) mass is 411 g/mol. The highest BCUT2D eigenvalue weighted by atomic mass is 32.2. The lowest BCUT2D eigenvalue weighted by Gasteiger charge is -2.13. The third-order valence-corrected chi connectivity index (χ3v) is 6.53. The molecule has 0 aliphatic carbocycles. The Morgan fingerprint density at radius 1 is 0.643 bits per heavy atom. The maximum atomic E-state index is 5.78. The summed E-state index contributed by atoms with van der Waals surface area (Å²) in [7, 11) is 0. The van der Waals surface area contributed by atoms with Crippen LogP contribution in [-0.4, -0.2) is 30.5 Å². The van der Waals surface area contributed by atoms with Gasteiger partial charge < -0.3 is 9.64 Å². The number of hydrogen-bond donors (Lipinski definition) is 0. The van der Waals surface area contributed by atoms with Crippen LogP contribution in [0.1, 0.15) is 122 Å². The average Bonchev–Trinajstić information content (AvgIpc) is 3.22. The molecular weight excluding hydrogens is 362 g/mol. The van der Waals surface area contributed by atoms with Crippen molar-refractivity contribution in [2.45, 2.75) is 122 Å². The van der Waals surface area contributed by atoms with Crippen LogP contribution >= 0.6 is 11.8 Å². The van der Waals surface area contributed by atoms with Gasteiger partial charge in [-0.05, 0) is 24.7 Å². The third-order valence-electron chi connectivity index (χ3n) is 5.73. The first-order valence-corrected chi connectivity index (χ1v) is 13.6. The van der Waals surface area contributed by atoms with Crippen molar-refractivity contribution in [3.05, 3.63) is 11.6 Å². The Labute approximate surface area is 181 Å². The zero-order chi connectivity index (χ0) is 20.0. The Hall–Kier alpha value is -0.150. The summed E-state index contributed by atoms with van der Waals surface area (Å²) in [5.74, 6) is 1.14. The van der Waals surface area contributed by atoms with Crippen molar-refractivity contribution >= 4 is 11.8 Å². The van der Waals surface area contributed by atoms with Crippen molar-refractivity contribution in [3.8, 4) is 0 Å². The Morgan fingerprint density at radius 2 is 1.11 bits per heavy atom. The lowest BCUT2D eigenvalue weighted by atomic mass is 10.0. The van der Waals surface area contributed by atoms with Crippen molar-refractivity contribution in [1.29, 1.82) is 0 Å². The second-order valence-electron chi connectivity index (χ2n) is 8.52. The summed E-state index contributed by atoms with van der Waals surface area (Å²) >= 11 is 1.89. The van der Waals surface area contributed by atoms with Crippen molar-refractivity contribution in [1.82, 2.24) is 4.90 Å². The molecule has 1 heterocycles. The maximum Gasteiger partial charge on any atom is 0.0675 e. The van der Waals surface area contributed by atoms with Crippen molar-refractivity contribution in [2.24, 2.45) is 0 Å². The van der Waals surface area contributed by atoms with Gasteiger partial charge in [-0.2, -0.15) is 0 Å². The summed E-state index contributed by atoms with van der Waals surface area (Å²) in [5.41, 5.74) is 0. The molecule has 3 heteroatoms. The van der Waals surface area contributed by atoms with E-state index in [-0.39, 0.29) is 0 Å². The standard InChI is InChI=1S/C25H49NOS/c1-2-3-4-5-6-7-8-9-10-11-12-13-14-15-16-18-22-27-23-19-17-20-26-21-24-28-25-26/h21,24H,2-20,22-23,25H2,1H3. The minimum absolute atomic E-state index is 0.948. The molecule has 0 fully saturated rings. The summed E-state index contributed by atoms with van der Waals surface area (Å²) < 4.78 is 5.78. The molecule has 28 heavy (non-hydrogen) atoms. The van der Waals surface area contributed by atoms with Gasteiger partial charge in [-0.1, -0.05) is 103 Å². The highest BCUT2D eigenvalue weighted by Crippen LogP contribution is 2.15. The number of hydrogen-bond acceptors (Lipinski definition) is 3. The van der Waals surface area contributed by atoms with Gasteiger partial charge in [-0.25, -0.2) is 0 Å². The second-order valence-corrected chi connectivity index (χ2v) is 9.38.